The molecule has 0 radical (unpaired) electrons. The van der Waals surface area contributed by atoms with Gasteiger partial charge in [0.05, 0.1) is 0 Å². The Morgan fingerprint density at radius 3 is 2.53 bits per heavy atom. The van der Waals surface area contributed by atoms with E-state index >= 15 is 0 Å². The monoisotopic (exact) mass is 225 g/mol. The van der Waals surface area contributed by atoms with E-state index in [0.717, 1.165) is 0 Å². The highest BCUT2D eigenvalue weighted by Crippen LogP contribution is 2.18. The number of hydrogen-bond acceptors (Lipinski definition) is 1. The minimum Gasteiger partial charge on any atom is -0.314 e. The quantitative estimate of drug-likeness (QED) is 0.836. The molecule has 2 aromatic carbocycles. The summed E-state index contributed by atoms with van der Waals surface area (Å²) in [5.41, 5.74) is 2.62. The molecule has 0 aliphatic heterocycles. The van der Waals surface area contributed by atoms with Crippen LogP contribution in [0.5, 0.6) is 0 Å². The molecule has 17 heavy (non-hydrogen) atoms. The second-order valence-electron chi connectivity index (χ2n) is 4.51. The van der Waals surface area contributed by atoms with Crippen LogP contribution in [0.1, 0.15) is 19.4 Å². The molecule has 0 spiro atoms. The van der Waals surface area contributed by atoms with Crippen LogP contribution in [-0.4, -0.2) is 13.1 Å². The number of likely N-dealkylation sites (N-methyl/N-ethyl adjacent to an activating group) is 1. The van der Waals surface area contributed by atoms with E-state index in [9.17, 15) is 0 Å². The summed E-state index contributed by atoms with van der Waals surface area (Å²) in [6, 6.07) is 15.5. The van der Waals surface area contributed by atoms with Gasteiger partial charge in [0.25, 0.3) is 0 Å². The molecule has 1 unspecified atom stereocenters. The first-order valence-electron chi connectivity index (χ1n) is 6.05. The van der Waals surface area contributed by atoms with Crippen LogP contribution in [0.25, 0.3) is 16.8 Å². The van der Waals surface area contributed by atoms with Crippen molar-refractivity contribution in [1.29, 1.82) is 0 Å². The van der Waals surface area contributed by atoms with Gasteiger partial charge in [0.15, 0.2) is 0 Å². The summed E-state index contributed by atoms with van der Waals surface area (Å²) in [5, 5.41) is 5.85. The molecular formula is C16H19N. The molecule has 0 saturated heterocycles. The number of fused-ring (bicyclic) bond motifs is 1. The largest absolute Gasteiger partial charge is 0.314 e. The van der Waals surface area contributed by atoms with Crippen molar-refractivity contribution in [2.45, 2.75) is 19.9 Å². The summed E-state index contributed by atoms with van der Waals surface area (Å²) in [6.07, 6.45) is 2.24. The van der Waals surface area contributed by atoms with Gasteiger partial charge in [0, 0.05) is 6.04 Å². The van der Waals surface area contributed by atoms with Crippen LogP contribution in [0.15, 0.2) is 48.0 Å². The first-order valence-corrected chi connectivity index (χ1v) is 6.05. The molecule has 1 N–H and O–H groups in total. The Balaban J connectivity index is 2.37. The van der Waals surface area contributed by atoms with Gasteiger partial charge in [-0.3, -0.25) is 0 Å². The van der Waals surface area contributed by atoms with Crippen molar-refractivity contribution >= 4 is 16.8 Å². The Hall–Kier alpha value is -1.60. The molecule has 0 aliphatic carbocycles. The predicted molar refractivity (Wildman–Crippen MR) is 76.1 cm³/mol. The van der Waals surface area contributed by atoms with Gasteiger partial charge in [0.1, 0.15) is 0 Å². The first kappa shape index (κ1) is 11.9. The zero-order valence-corrected chi connectivity index (χ0v) is 10.7. The van der Waals surface area contributed by atoms with Crippen molar-refractivity contribution in [3.05, 3.63) is 53.6 Å². The molecule has 0 fully saturated rings. The lowest BCUT2D eigenvalue weighted by Gasteiger charge is -2.10. The van der Waals surface area contributed by atoms with E-state index in [1.54, 1.807) is 0 Å². The van der Waals surface area contributed by atoms with Crippen LogP contribution in [0.3, 0.4) is 0 Å². The Kier molecular flexibility index (Phi) is 3.60. The molecule has 1 atom stereocenters. The normalized spacial score (nSPS) is 13.9. The summed E-state index contributed by atoms with van der Waals surface area (Å²) in [5.74, 6) is 0. The third kappa shape index (κ3) is 2.75. The molecule has 0 amide bonds. The molecule has 0 heterocycles. The molecule has 88 valence electrons. The van der Waals surface area contributed by atoms with Crippen LogP contribution in [0.2, 0.25) is 0 Å². The number of benzene rings is 2. The number of hydrogen-bond donors (Lipinski definition) is 1. The molecule has 0 aliphatic rings. The lowest BCUT2D eigenvalue weighted by Crippen LogP contribution is -2.21. The second-order valence-corrected chi connectivity index (χ2v) is 4.51. The third-order valence-electron chi connectivity index (χ3n) is 3.28. The average Bonchev–Trinajstić information content (AvgIpc) is 2.37. The van der Waals surface area contributed by atoms with Crippen molar-refractivity contribution in [1.82, 2.24) is 5.32 Å². The van der Waals surface area contributed by atoms with Crippen LogP contribution in [-0.2, 0) is 0 Å². The topological polar surface area (TPSA) is 12.0 Å². The van der Waals surface area contributed by atoms with Crippen LogP contribution in [0, 0.1) is 0 Å². The zero-order chi connectivity index (χ0) is 12.3. The minimum atomic E-state index is 0.418. The van der Waals surface area contributed by atoms with E-state index < -0.39 is 0 Å². The van der Waals surface area contributed by atoms with Crippen LogP contribution >= 0.6 is 0 Å². The minimum absolute atomic E-state index is 0.418. The van der Waals surface area contributed by atoms with Crippen molar-refractivity contribution in [2.75, 3.05) is 7.05 Å². The second kappa shape index (κ2) is 5.15. The summed E-state index contributed by atoms with van der Waals surface area (Å²) >= 11 is 0. The predicted octanol–water partition coefficient (Wildman–Crippen LogP) is 3.85. The van der Waals surface area contributed by atoms with Crippen molar-refractivity contribution in [2.24, 2.45) is 0 Å². The van der Waals surface area contributed by atoms with E-state index in [0.29, 0.717) is 6.04 Å². The van der Waals surface area contributed by atoms with Gasteiger partial charge in [-0.1, -0.05) is 48.0 Å². The van der Waals surface area contributed by atoms with Gasteiger partial charge in [-0.2, -0.15) is 0 Å². The van der Waals surface area contributed by atoms with Gasteiger partial charge in [-0.15, -0.1) is 0 Å². The Morgan fingerprint density at radius 2 is 1.82 bits per heavy atom. The van der Waals surface area contributed by atoms with E-state index in [-0.39, 0.29) is 0 Å². The highest BCUT2D eigenvalue weighted by molar-refractivity contribution is 5.84. The molecule has 2 aromatic rings. The lowest BCUT2D eigenvalue weighted by molar-refractivity contribution is 0.696. The van der Waals surface area contributed by atoms with Gasteiger partial charge in [0.2, 0.25) is 0 Å². The molecular weight excluding hydrogens is 206 g/mol. The smallest absolute Gasteiger partial charge is 0.0248 e. The molecule has 1 heteroatoms. The standard InChI is InChI=1S/C16H19N/c1-12(13(2)17-3)10-14-8-9-15-6-4-5-7-16(15)11-14/h4-11,13,17H,1-3H3/b12-10+. The fraction of sp³-hybridized carbons (Fsp3) is 0.250. The third-order valence-corrected chi connectivity index (χ3v) is 3.28. The summed E-state index contributed by atoms with van der Waals surface area (Å²) in [6.45, 7) is 4.34. The van der Waals surface area contributed by atoms with Crippen LogP contribution in [0.4, 0.5) is 0 Å². The molecule has 0 bridgehead atoms. The van der Waals surface area contributed by atoms with Crippen molar-refractivity contribution < 1.29 is 0 Å². The highest BCUT2D eigenvalue weighted by atomic mass is 14.8. The van der Waals surface area contributed by atoms with E-state index in [1.165, 1.54) is 21.9 Å². The first-order chi connectivity index (χ1) is 8.20. The Morgan fingerprint density at radius 1 is 1.12 bits per heavy atom. The molecule has 1 nitrogen and oxygen atoms in total. The number of rotatable bonds is 3. The SMILES string of the molecule is CNC(C)/C(C)=C/c1ccc2ccccc2c1. The summed E-state index contributed by atoms with van der Waals surface area (Å²) in [4.78, 5) is 0. The van der Waals surface area contributed by atoms with Crippen molar-refractivity contribution in [3.8, 4) is 0 Å². The van der Waals surface area contributed by atoms with E-state index in [1.807, 2.05) is 7.05 Å². The van der Waals surface area contributed by atoms with E-state index in [4.69, 9.17) is 0 Å². The maximum Gasteiger partial charge on any atom is 0.0248 e. The summed E-state index contributed by atoms with van der Waals surface area (Å²) in [7, 11) is 1.99. The Bertz CT molecular complexity index is 540. The van der Waals surface area contributed by atoms with Gasteiger partial charge < -0.3 is 5.32 Å². The summed E-state index contributed by atoms with van der Waals surface area (Å²) < 4.78 is 0. The molecule has 2 rings (SSSR count). The maximum atomic E-state index is 3.25. The number of nitrogens with one attached hydrogen (secondary N) is 1. The average molecular weight is 225 g/mol. The van der Waals surface area contributed by atoms with Gasteiger partial charge in [-0.05, 0) is 43.3 Å². The maximum absolute atomic E-state index is 3.25. The zero-order valence-electron chi connectivity index (χ0n) is 10.7. The molecule has 0 aromatic heterocycles. The van der Waals surface area contributed by atoms with Gasteiger partial charge >= 0.3 is 0 Å². The molecule has 0 saturated carbocycles. The fourth-order valence-electron chi connectivity index (χ4n) is 1.91. The highest BCUT2D eigenvalue weighted by Gasteiger charge is 2.00. The van der Waals surface area contributed by atoms with E-state index in [2.05, 4.69) is 67.7 Å². The lowest BCUT2D eigenvalue weighted by atomic mass is 10.0. The Labute approximate surface area is 103 Å². The van der Waals surface area contributed by atoms with Crippen LogP contribution < -0.4 is 5.32 Å². The van der Waals surface area contributed by atoms with Gasteiger partial charge in [-0.25, -0.2) is 0 Å². The van der Waals surface area contributed by atoms with Crippen molar-refractivity contribution in [3.63, 3.8) is 0 Å². The fourth-order valence-corrected chi connectivity index (χ4v) is 1.91.